The van der Waals surface area contributed by atoms with E-state index in [0.717, 1.165) is 72.0 Å². The van der Waals surface area contributed by atoms with Crippen LogP contribution in [0.25, 0.3) is 116 Å². The molecule has 0 spiro atoms. The molecule has 0 fully saturated rings. The van der Waals surface area contributed by atoms with Crippen LogP contribution in [-0.2, 0) is 0 Å². The highest BCUT2D eigenvalue weighted by Gasteiger charge is 2.19. The van der Waals surface area contributed by atoms with Gasteiger partial charge < -0.3 is 4.57 Å². The summed E-state index contributed by atoms with van der Waals surface area (Å²) in [4.78, 5) is 20.1. The lowest BCUT2D eigenvalue weighted by atomic mass is 9.85. The smallest absolute Gasteiger partial charge is 0.160 e. The lowest BCUT2D eigenvalue weighted by molar-refractivity contribution is 1.17. The van der Waals surface area contributed by atoms with Gasteiger partial charge in [0, 0.05) is 57.1 Å². The van der Waals surface area contributed by atoms with Gasteiger partial charge in [0.05, 0.1) is 27.9 Å². The molecule has 0 N–H and O–H groups in total. The number of hydrogen-bond donors (Lipinski definition) is 0. The maximum absolute atomic E-state index is 5.37. The Balaban J connectivity index is 1.07. The Morgan fingerprint density at radius 2 is 0.967 bits per heavy atom. The third kappa shape index (κ3) is 5.86. The summed E-state index contributed by atoms with van der Waals surface area (Å²) >= 11 is 0. The van der Waals surface area contributed by atoms with Crippen LogP contribution >= 0.6 is 0 Å². The monoisotopic (exact) mass is 777 g/mol. The normalized spacial score (nSPS) is 11.6. The highest BCUT2D eigenvalue weighted by Crippen LogP contribution is 2.44. The van der Waals surface area contributed by atoms with E-state index in [1.54, 1.807) is 0 Å². The van der Waals surface area contributed by atoms with Crippen molar-refractivity contribution in [1.82, 2.24) is 24.5 Å². The van der Waals surface area contributed by atoms with Crippen molar-refractivity contribution in [2.45, 2.75) is 0 Å². The van der Waals surface area contributed by atoms with Crippen LogP contribution in [-0.4, -0.2) is 24.5 Å². The Kier molecular flexibility index (Phi) is 8.10. The van der Waals surface area contributed by atoms with Crippen molar-refractivity contribution in [3.63, 3.8) is 0 Å². The molecule has 12 rings (SSSR count). The fraction of sp³-hybridized carbons (Fsp3) is 0. The first-order valence-corrected chi connectivity index (χ1v) is 20.5. The topological polar surface area (TPSA) is 56.5 Å². The molecular weight excluding hydrogens is 743 g/mol. The molecule has 61 heavy (non-hydrogen) atoms. The number of pyridine rings is 2. The summed E-state index contributed by atoms with van der Waals surface area (Å²) in [6.45, 7) is 0. The first-order chi connectivity index (χ1) is 30.2. The third-order valence-corrected chi connectivity index (χ3v) is 11.9. The molecule has 8 aromatic carbocycles. The Hall–Kier alpha value is -8.28. The van der Waals surface area contributed by atoms with Gasteiger partial charge in [-0.1, -0.05) is 140 Å². The van der Waals surface area contributed by atoms with Crippen molar-refractivity contribution < 1.29 is 0 Å². The fourth-order valence-electron chi connectivity index (χ4n) is 9.13. The van der Waals surface area contributed by atoms with Gasteiger partial charge in [-0.15, -0.1) is 0 Å². The zero-order chi connectivity index (χ0) is 40.3. The first-order valence-electron chi connectivity index (χ1n) is 20.5. The number of para-hydroxylation sites is 2. The number of nitrogens with zero attached hydrogens (tertiary/aromatic N) is 5. The number of benzene rings is 8. The molecule has 4 heterocycles. The fourth-order valence-corrected chi connectivity index (χ4v) is 9.13. The third-order valence-electron chi connectivity index (χ3n) is 11.9. The molecule has 0 aliphatic heterocycles. The summed E-state index contributed by atoms with van der Waals surface area (Å²) in [5, 5.41) is 8.09. The molecule has 0 unspecified atom stereocenters. The summed E-state index contributed by atoms with van der Waals surface area (Å²) in [5.41, 5.74) is 13.5. The van der Waals surface area contributed by atoms with Gasteiger partial charge in [-0.2, -0.15) is 0 Å². The number of fused-ring (bicyclic) bond motifs is 6. The predicted octanol–water partition coefficient (Wildman–Crippen LogP) is 14.2. The van der Waals surface area contributed by atoms with E-state index in [9.17, 15) is 0 Å². The maximum atomic E-state index is 5.37. The minimum Gasteiger partial charge on any atom is -0.309 e. The van der Waals surface area contributed by atoms with Crippen LogP contribution in [0.15, 0.2) is 213 Å². The molecule has 5 nitrogen and oxygen atoms in total. The highest BCUT2D eigenvalue weighted by molar-refractivity contribution is 6.21. The zero-order valence-corrected chi connectivity index (χ0v) is 32.9. The van der Waals surface area contributed by atoms with E-state index in [1.165, 1.54) is 38.2 Å². The van der Waals surface area contributed by atoms with Gasteiger partial charge in [0.25, 0.3) is 0 Å². The number of rotatable bonds is 6. The summed E-state index contributed by atoms with van der Waals surface area (Å²) in [7, 11) is 0. The Labute approximate surface area is 351 Å². The standard InChI is InChI=1S/C56H35N5/c1-3-14-36(15-4-1)54-43-21-8-10-23-45(43)55(46-24-11-9-22-44(46)54)39-17-13-18-40(31-39)56-59-50(33-51(60-56)41-30-37-16-7-12-25-49(37)58-34-41)38-26-27-52-47(32-38)48-35-57-29-28-53(48)61(52)42-19-5-2-6-20-42/h1-35H. The summed E-state index contributed by atoms with van der Waals surface area (Å²) in [6, 6.07) is 68.6. The van der Waals surface area contributed by atoms with Crippen molar-refractivity contribution in [2.24, 2.45) is 0 Å². The summed E-state index contributed by atoms with van der Waals surface area (Å²) < 4.78 is 2.30. The van der Waals surface area contributed by atoms with E-state index in [0.29, 0.717) is 5.82 Å². The minimum atomic E-state index is 0.644. The summed E-state index contributed by atoms with van der Waals surface area (Å²) in [6.07, 6.45) is 5.74. The molecule has 12 aromatic rings. The van der Waals surface area contributed by atoms with Crippen molar-refractivity contribution >= 4 is 54.3 Å². The number of aromatic nitrogens is 5. The van der Waals surface area contributed by atoms with Gasteiger partial charge in [-0.05, 0) is 98.4 Å². The second-order valence-corrected chi connectivity index (χ2v) is 15.5. The van der Waals surface area contributed by atoms with Gasteiger partial charge in [0.1, 0.15) is 0 Å². The largest absolute Gasteiger partial charge is 0.309 e. The van der Waals surface area contributed by atoms with E-state index in [4.69, 9.17) is 15.0 Å². The van der Waals surface area contributed by atoms with Crippen LogP contribution in [0.5, 0.6) is 0 Å². The molecule has 284 valence electrons. The van der Waals surface area contributed by atoms with Crippen LogP contribution in [0.2, 0.25) is 0 Å². The molecule has 4 aromatic heterocycles. The van der Waals surface area contributed by atoms with E-state index < -0.39 is 0 Å². The van der Waals surface area contributed by atoms with Crippen LogP contribution < -0.4 is 0 Å². The lowest BCUT2D eigenvalue weighted by Crippen LogP contribution is -1.97. The maximum Gasteiger partial charge on any atom is 0.160 e. The minimum absolute atomic E-state index is 0.644. The SMILES string of the molecule is c1ccc(-c2c3ccccc3c(-c3cccc(-c4nc(-c5cnc6ccccc6c5)cc(-c5ccc6c(c5)c5cnccc5n6-c5ccccc5)n4)c3)c3ccccc23)cc1. The van der Waals surface area contributed by atoms with Gasteiger partial charge in [0.2, 0.25) is 0 Å². The first kappa shape index (κ1) is 34.7. The lowest BCUT2D eigenvalue weighted by Gasteiger charge is -2.18. The Bertz CT molecular complexity index is 3590. The van der Waals surface area contributed by atoms with Crippen molar-refractivity contribution in [3.8, 4) is 61.8 Å². The second-order valence-electron chi connectivity index (χ2n) is 15.5. The van der Waals surface area contributed by atoms with E-state index in [2.05, 4.69) is 179 Å². The van der Waals surface area contributed by atoms with Crippen LogP contribution in [0, 0.1) is 0 Å². The molecular formula is C56H35N5. The highest BCUT2D eigenvalue weighted by atomic mass is 15.0. The Morgan fingerprint density at radius 3 is 1.72 bits per heavy atom. The molecule has 0 atom stereocenters. The molecule has 0 aliphatic rings. The molecule has 0 radical (unpaired) electrons. The van der Waals surface area contributed by atoms with Crippen molar-refractivity contribution in [3.05, 3.63) is 213 Å². The van der Waals surface area contributed by atoms with Crippen molar-refractivity contribution in [1.29, 1.82) is 0 Å². The van der Waals surface area contributed by atoms with E-state index in [-0.39, 0.29) is 0 Å². The molecule has 0 bridgehead atoms. The van der Waals surface area contributed by atoms with Crippen molar-refractivity contribution in [2.75, 3.05) is 0 Å². The van der Waals surface area contributed by atoms with Gasteiger partial charge >= 0.3 is 0 Å². The van der Waals surface area contributed by atoms with Gasteiger partial charge in [-0.25, -0.2) is 9.97 Å². The predicted molar refractivity (Wildman–Crippen MR) is 252 cm³/mol. The molecule has 0 amide bonds. The molecule has 5 heteroatoms. The average Bonchev–Trinajstić information content (AvgIpc) is 3.67. The molecule has 0 aliphatic carbocycles. The average molecular weight is 778 g/mol. The van der Waals surface area contributed by atoms with Crippen LogP contribution in [0.1, 0.15) is 0 Å². The molecule has 0 saturated heterocycles. The van der Waals surface area contributed by atoms with Gasteiger partial charge in [-0.3, -0.25) is 9.97 Å². The number of hydrogen-bond acceptors (Lipinski definition) is 4. The molecule has 0 saturated carbocycles. The quantitative estimate of drug-likeness (QED) is 0.158. The van der Waals surface area contributed by atoms with Gasteiger partial charge in [0.15, 0.2) is 5.82 Å². The summed E-state index contributed by atoms with van der Waals surface area (Å²) in [5.74, 6) is 0.644. The second kappa shape index (κ2) is 14.2. The Morgan fingerprint density at radius 1 is 0.361 bits per heavy atom. The van der Waals surface area contributed by atoms with Crippen LogP contribution in [0.3, 0.4) is 0 Å². The van der Waals surface area contributed by atoms with E-state index >= 15 is 0 Å². The van der Waals surface area contributed by atoms with E-state index in [1.807, 2.05) is 42.9 Å². The van der Waals surface area contributed by atoms with Crippen LogP contribution in [0.4, 0.5) is 0 Å². The zero-order valence-electron chi connectivity index (χ0n) is 32.9.